The highest BCUT2D eigenvalue weighted by atomic mass is 79.9. The first-order valence-electron chi connectivity index (χ1n) is 4.30. The summed E-state index contributed by atoms with van der Waals surface area (Å²) >= 11 is 8.99. The van der Waals surface area contributed by atoms with Crippen molar-refractivity contribution in [2.75, 3.05) is 0 Å². The third-order valence-electron chi connectivity index (χ3n) is 1.87. The molecule has 0 radical (unpaired) electrons. The van der Waals surface area contributed by atoms with Crippen molar-refractivity contribution in [1.29, 1.82) is 0 Å². The van der Waals surface area contributed by atoms with E-state index in [1.54, 1.807) is 6.07 Å². The number of benzene rings is 1. The summed E-state index contributed by atoms with van der Waals surface area (Å²) in [6.07, 6.45) is 0.675. The van der Waals surface area contributed by atoms with Crippen LogP contribution in [0, 0.1) is 10.1 Å². The van der Waals surface area contributed by atoms with E-state index in [2.05, 4.69) is 20.8 Å². The van der Waals surface area contributed by atoms with Crippen LogP contribution in [0.5, 0.6) is 0 Å². The van der Waals surface area contributed by atoms with Crippen LogP contribution < -0.4 is 0 Å². The Morgan fingerprint density at radius 1 is 1.62 bits per heavy atom. The molecule has 0 fully saturated rings. The van der Waals surface area contributed by atoms with Crippen LogP contribution >= 0.6 is 27.5 Å². The number of rotatable bonds is 3. The van der Waals surface area contributed by atoms with Crippen LogP contribution in [0.25, 0.3) is 0 Å². The Morgan fingerprint density at radius 3 is 2.75 bits per heavy atom. The number of carbonyl (C=O) groups is 1. The molecule has 0 saturated heterocycles. The van der Waals surface area contributed by atoms with Crippen molar-refractivity contribution >= 4 is 33.5 Å². The molecule has 7 heteroatoms. The molecule has 1 aromatic rings. The molecule has 0 bridgehead atoms. The van der Waals surface area contributed by atoms with Crippen LogP contribution in [0.3, 0.4) is 0 Å². The normalized spacial score (nSPS) is 9.94. The van der Waals surface area contributed by atoms with Gasteiger partial charge < -0.3 is 0 Å². The Balaban J connectivity index is 3.16. The van der Waals surface area contributed by atoms with Crippen molar-refractivity contribution in [3.8, 4) is 0 Å². The van der Waals surface area contributed by atoms with E-state index in [0.29, 0.717) is 10.9 Å². The molecule has 0 heterocycles. The third-order valence-corrected chi connectivity index (χ3v) is 3.13. The minimum atomic E-state index is -1.16. The molecular formula is C9H7BrClNO4. The minimum Gasteiger partial charge on any atom is -0.262 e. The van der Waals surface area contributed by atoms with E-state index in [4.69, 9.17) is 11.6 Å². The number of aryl methyl sites for hydroxylation is 1. The molecule has 1 rings (SSSR count). The van der Waals surface area contributed by atoms with Crippen molar-refractivity contribution in [3.63, 3.8) is 0 Å². The van der Waals surface area contributed by atoms with Crippen molar-refractivity contribution < 1.29 is 14.7 Å². The van der Waals surface area contributed by atoms with Crippen LogP contribution in [-0.4, -0.2) is 11.1 Å². The fraction of sp³-hybridized carbons (Fsp3) is 0.222. The summed E-state index contributed by atoms with van der Waals surface area (Å²) in [5.41, 5.74) is 0.802. The molecule has 16 heavy (non-hydrogen) atoms. The molecule has 0 aromatic heterocycles. The summed E-state index contributed by atoms with van der Waals surface area (Å²) in [7, 11) is 0. The van der Waals surface area contributed by atoms with E-state index < -0.39 is 11.1 Å². The summed E-state index contributed by atoms with van der Waals surface area (Å²) in [6.45, 7) is 1.89. The van der Waals surface area contributed by atoms with Gasteiger partial charge in [-0.25, -0.2) is 4.84 Å². The number of nitrogens with zero attached hydrogens (tertiary/aromatic N) is 1. The molecular weight excluding hydrogens is 301 g/mol. The van der Waals surface area contributed by atoms with Crippen LogP contribution in [0.1, 0.15) is 22.8 Å². The zero-order valence-electron chi connectivity index (χ0n) is 8.20. The lowest BCUT2D eigenvalue weighted by Crippen LogP contribution is -2.11. The molecule has 0 amide bonds. The molecule has 86 valence electrons. The SMILES string of the molecule is CCc1cc(Br)c(Cl)c(C(=O)O[N+](=O)[O-])c1. The molecule has 0 unspecified atom stereocenters. The Kier molecular flexibility index (Phi) is 4.26. The highest BCUT2D eigenvalue weighted by Gasteiger charge is 2.17. The van der Waals surface area contributed by atoms with Crippen LogP contribution in [0.4, 0.5) is 0 Å². The maximum Gasteiger partial charge on any atom is 0.335 e. The van der Waals surface area contributed by atoms with Gasteiger partial charge in [-0.15, -0.1) is 10.1 Å². The molecule has 1 aromatic carbocycles. The van der Waals surface area contributed by atoms with Gasteiger partial charge in [0.1, 0.15) is 0 Å². The molecule has 0 aliphatic heterocycles. The maximum absolute atomic E-state index is 11.3. The second kappa shape index (κ2) is 5.27. The van der Waals surface area contributed by atoms with E-state index in [9.17, 15) is 14.9 Å². The zero-order chi connectivity index (χ0) is 12.3. The van der Waals surface area contributed by atoms with E-state index in [-0.39, 0.29) is 10.6 Å². The highest BCUT2D eigenvalue weighted by molar-refractivity contribution is 9.10. The molecule has 0 N–H and O–H groups in total. The number of hydrogen-bond acceptors (Lipinski definition) is 4. The molecule has 5 nitrogen and oxygen atoms in total. The average Bonchev–Trinajstić information content (AvgIpc) is 2.20. The first-order chi connectivity index (χ1) is 7.45. The van der Waals surface area contributed by atoms with Crippen molar-refractivity contribution in [2.45, 2.75) is 13.3 Å². The zero-order valence-corrected chi connectivity index (χ0v) is 10.5. The summed E-state index contributed by atoms with van der Waals surface area (Å²) in [5.74, 6) is -1.08. The highest BCUT2D eigenvalue weighted by Crippen LogP contribution is 2.28. The Labute approximate surface area is 105 Å². The maximum atomic E-state index is 11.3. The van der Waals surface area contributed by atoms with E-state index in [0.717, 1.165) is 5.56 Å². The van der Waals surface area contributed by atoms with E-state index in [1.807, 2.05) is 6.92 Å². The van der Waals surface area contributed by atoms with Gasteiger partial charge in [0.25, 0.3) is 0 Å². The lowest BCUT2D eigenvalue weighted by atomic mass is 10.1. The third kappa shape index (κ3) is 2.93. The second-order valence-corrected chi connectivity index (χ2v) is 4.13. The Bertz CT molecular complexity index is 449. The van der Waals surface area contributed by atoms with Crippen molar-refractivity contribution in [2.24, 2.45) is 0 Å². The van der Waals surface area contributed by atoms with Crippen LogP contribution in [-0.2, 0) is 11.3 Å². The predicted octanol–water partition coefficient (Wildman–Crippen LogP) is 3.01. The number of hydrogen-bond donors (Lipinski definition) is 0. The van der Waals surface area contributed by atoms with Gasteiger partial charge in [0, 0.05) is 4.47 Å². The summed E-state index contributed by atoms with van der Waals surface area (Å²) < 4.78 is 0.504. The first-order valence-corrected chi connectivity index (χ1v) is 5.47. The average molecular weight is 309 g/mol. The van der Waals surface area contributed by atoms with Crippen LogP contribution in [0.2, 0.25) is 5.02 Å². The van der Waals surface area contributed by atoms with Gasteiger partial charge in [0.05, 0.1) is 10.6 Å². The van der Waals surface area contributed by atoms with Gasteiger partial charge in [-0.2, -0.15) is 0 Å². The monoisotopic (exact) mass is 307 g/mol. The van der Waals surface area contributed by atoms with Crippen LogP contribution in [0.15, 0.2) is 16.6 Å². The largest absolute Gasteiger partial charge is 0.335 e. The second-order valence-electron chi connectivity index (χ2n) is 2.90. The number of carbonyl (C=O) groups excluding carboxylic acids is 1. The van der Waals surface area contributed by atoms with Gasteiger partial charge in [-0.1, -0.05) is 18.5 Å². The lowest BCUT2D eigenvalue weighted by Gasteiger charge is -2.06. The minimum absolute atomic E-state index is 0.0235. The lowest BCUT2D eigenvalue weighted by molar-refractivity contribution is -0.727. The predicted molar refractivity (Wildman–Crippen MR) is 60.9 cm³/mol. The standard InChI is InChI=1S/C9H7BrClNO4/c1-2-5-3-6(8(11)7(10)4-5)9(13)16-12(14)15/h3-4H,2H2,1H3. The quantitative estimate of drug-likeness (QED) is 0.636. The molecule has 0 saturated carbocycles. The van der Waals surface area contributed by atoms with Crippen molar-refractivity contribution in [3.05, 3.63) is 42.9 Å². The van der Waals surface area contributed by atoms with Gasteiger partial charge in [0.2, 0.25) is 0 Å². The fourth-order valence-corrected chi connectivity index (χ4v) is 1.81. The molecule has 0 atom stereocenters. The van der Waals surface area contributed by atoms with Gasteiger partial charge in [-0.3, -0.25) is 4.79 Å². The Hall–Kier alpha value is -1.14. The van der Waals surface area contributed by atoms with Crippen molar-refractivity contribution in [1.82, 2.24) is 0 Å². The number of halogens is 2. The molecule has 0 spiro atoms. The first kappa shape index (κ1) is 12.9. The van der Waals surface area contributed by atoms with Gasteiger partial charge >= 0.3 is 11.1 Å². The fourth-order valence-electron chi connectivity index (χ4n) is 1.11. The van der Waals surface area contributed by atoms with E-state index in [1.165, 1.54) is 6.07 Å². The smallest absolute Gasteiger partial charge is 0.262 e. The van der Waals surface area contributed by atoms with Gasteiger partial charge in [0.15, 0.2) is 0 Å². The van der Waals surface area contributed by atoms with Gasteiger partial charge in [-0.05, 0) is 40.0 Å². The Morgan fingerprint density at radius 2 is 2.25 bits per heavy atom. The summed E-state index contributed by atoms with van der Waals surface area (Å²) in [5, 5.41) is 8.98. The summed E-state index contributed by atoms with van der Waals surface area (Å²) in [6, 6.07) is 3.21. The molecule has 0 aliphatic rings. The topological polar surface area (TPSA) is 69.4 Å². The summed E-state index contributed by atoms with van der Waals surface area (Å²) in [4.78, 5) is 25.2. The van der Waals surface area contributed by atoms with E-state index >= 15 is 0 Å². The molecule has 0 aliphatic carbocycles.